The van der Waals surface area contributed by atoms with Crippen molar-refractivity contribution in [2.45, 2.75) is 43.8 Å². The Morgan fingerprint density at radius 3 is 2.58 bits per heavy atom. The molecule has 0 unspecified atom stereocenters. The van der Waals surface area contributed by atoms with Crippen molar-refractivity contribution in [1.82, 2.24) is 14.8 Å². The summed E-state index contributed by atoms with van der Waals surface area (Å²) in [6, 6.07) is 12.1. The zero-order valence-electron chi connectivity index (χ0n) is 20.3. The van der Waals surface area contributed by atoms with E-state index in [0.717, 1.165) is 41.8 Å². The van der Waals surface area contributed by atoms with E-state index in [1.807, 2.05) is 37.3 Å². The van der Waals surface area contributed by atoms with Gasteiger partial charge in [-0.15, -0.1) is 0 Å². The summed E-state index contributed by atoms with van der Waals surface area (Å²) >= 11 is 0. The van der Waals surface area contributed by atoms with E-state index >= 15 is 0 Å². The molecule has 1 saturated heterocycles. The van der Waals surface area contributed by atoms with Gasteiger partial charge in [0.1, 0.15) is 12.4 Å². The molecule has 5 rings (SSSR count). The van der Waals surface area contributed by atoms with Crippen LogP contribution < -0.4 is 5.32 Å². The highest BCUT2D eigenvalue weighted by Gasteiger charge is 2.41. The van der Waals surface area contributed by atoms with Crippen LogP contribution in [0.25, 0.3) is 10.9 Å². The fourth-order valence-electron chi connectivity index (χ4n) is 5.59. The lowest BCUT2D eigenvalue weighted by atomic mass is 9.88. The summed E-state index contributed by atoms with van der Waals surface area (Å²) in [6.07, 6.45) is 1.05. The van der Waals surface area contributed by atoms with Crippen LogP contribution in [0.4, 0.5) is 23.2 Å². The molecule has 2 atom stereocenters. The lowest BCUT2D eigenvalue weighted by molar-refractivity contribution is -0.0864. The molecule has 1 fully saturated rings. The van der Waals surface area contributed by atoms with Crippen LogP contribution in [0.1, 0.15) is 36.2 Å². The first kappa shape index (κ1) is 25.0. The summed E-state index contributed by atoms with van der Waals surface area (Å²) in [7, 11) is 0. The maximum Gasteiger partial charge on any atom is 0.283 e. The maximum absolute atomic E-state index is 14.6. The largest absolute Gasteiger partial charge is 0.390 e. The Labute approximate surface area is 208 Å². The minimum Gasteiger partial charge on any atom is -0.390 e. The van der Waals surface area contributed by atoms with Crippen molar-refractivity contribution in [2.24, 2.45) is 0 Å². The van der Waals surface area contributed by atoms with Gasteiger partial charge in [0, 0.05) is 42.4 Å². The molecule has 0 bridgehead atoms. The molecule has 0 radical (unpaired) electrons. The van der Waals surface area contributed by atoms with E-state index in [1.165, 1.54) is 6.07 Å². The summed E-state index contributed by atoms with van der Waals surface area (Å²) in [5.41, 5.74) is 3.77. The van der Waals surface area contributed by atoms with Gasteiger partial charge in [-0.25, -0.2) is 13.2 Å². The van der Waals surface area contributed by atoms with Gasteiger partial charge in [0.05, 0.1) is 30.8 Å². The molecule has 9 heteroatoms. The number of fused-ring (bicyclic) bond motifs is 3. The number of aliphatic hydroxyl groups excluding tert-OH is 1. The molecule has 1 aromatic heterocycles. The third kappa shape index (κ3) is 4.84. The first-order chi connectivity index (χ1) is 17.3. The Balaban J connectivity index is 1.44. The molecule has 194 valence electrons. The van der Waals surface area contributed by atoms with Crippen LogP contribution in [0.5, 0.6) is 0 Å². The molecule has 36 heavy (non-hydrogen) atoms. The highest BCUT2D eigenvalue weighted by molar-refractivity contribution is 5.86. The van der Waals surface area contributed by atoms with Crippen LogP contribution in [0.15, 0.2) is 42.5 Å². The van der Waals surface area contributed by atoms with Gasteiger partial charge in [-0.1, -0.05) is 24.3 Å². The molecule has 3 heterocycles. The van der Waals surface area contributed by atoms with Crippen LogP contribution in [-0.4, -0.2) is 77.4 Å². The molecule has 2 aliphatic heterocycles. The minimum atomic E-state index is -3.26. The number of rotatable bonds is 9. The third-order valence-electron chi connectivity index (χ3n) is 7.40. The smallest absolute Gasteiger partial charge is 0.283 e. The number of benzene rings is 2. The topological polar surface area (TPSA) is 54.5 Å². The number of aromatic amines is 1. The molecule has 0 saturated carbocycles. The Hall–Kier alpha value is -2.62. The second kappa shape index (κ2) is 10.0. The number of halogens is 4. The Morgan fingerprint density at radius 2 is 1.89 bits per heavy atom. The summed E-state index contributed by atoms with van der Waals surface area (Å²) < 4.78 is 55.8. The number of H-pyrrole nitrogens is 1. The van der Waals surface area contributed by atoms with Crippen LogP contribution in [0.2, 0.25) is 0 Å². The molecule has 0 amide bonds. The molecular formula is C27H32F4N4O. The average Bonchev–Trinajstić information content (AvgIpc) is 3.20. The lowest BCUT2D eigenvalue weighted by Crippen LogP contribution is -2.54. The van der Waals surface area contributed by atoms with E-state index in [4.69, 9.17) is 0 Å². The fraction of sp³-hybridized carbons (Fsp3) is 0.481. The van der Waals surface area contributed by atoms with Crippen molar-refractivity contribution in [2.75, 3.05) is 44.8 Å². The predicted octanol–water partition coefficient (Wildman–Crippen LogP) is 4.73. The Kier molecular flexibility index (Phi) is 6.98. The predicted molar refractivity (Wildman–Crippen MR) is 133 cm³/mol. The summed E-state index contributed by atoms with van der Waals surface area (Å²) in [5, 5.41) is 13.5. The van der Waals surface area contributed by atoms with Gasteiger partial charge in [-0.3, -0.25) is 14.2 Å². The van der Waals surface area contributed by atoms with Gasteiger partial charge in [-0.2, -0.15) is 0 Å². The zero-order chi connectivity index (χ0) is 25.4. The summed E-state index contributed by atoms with van der Waals surface area (Å²) in [5.74, 6) is -3.64. The Morgan fingerprint density at radius 1 is 1.14 bits per heavy atom. The molecule has 5 nitrogen and oxygen atoms in total. The molecule has 0 aliphatic carbocycles. The van der Waals surface area contributed by atoms with Crippen LogP contribution >= 0.6 is 0 Å². The van der Waals surface area contributed by atoms with E-state index in [0.29, 0.717) is 24.1 Å². The number of aliphatic hydroxyl groups is 1. The van der Waals surface area contributed by atoms with Gasteiger partial charge in [0.15, 0.2) is 0 Å². The van der Waals surface area contributed by atoms with Crippen molar-refractivity contribution < 1.29 is 22.7 Å². The quantitative estimate of drug-likeness (QED) is 0.369. The number of nitrogens with zero attached hydrogens (tertiary/aromatic N) is 2. The SMILES string of the molecule is C[C@@H]1Cc2c([nH]c3c(F)cccc23)[C@@H](c2ccc(NC3CN(CCCF)C3)cc2)N1CC(F)(F)CO. The number of hydrogen-bond donors (Lipinski definition) is 3. The number of para-hydroxylation sites is 1. The second-order valence-corrected chi connectivity index (χ2v) is 10.1. The number of hydrogen-bond acceptors (Lipinski definition) is 4. The van der Waals surface area contributed by atoms with Crippen molar-refractivity contribution in [1.29, 1.82) is 0 Å². The van der Waals surface area contributed by atoms with Gasteiger partial charge < -0.3 is 15.4 Å². The molecule has 3 aromatic rings. The highest BCUT2D eigenvalue weighted by Crippen LogP contribution is 2.42. The number of alkyl halides is 3. The van der Waals surface area contributed by atoms with Crippen LogP contribution in [0, 0.1) is 5.82 Å². The number of likely N-dealkylation sites (tertiary alicyclic amines) is 1. The van der Waals surface area contributed by atoms with Crippen molar-refractivity contribution in [3.63, 3.8) is 0 Å². The normalized spacial score (nSPS) is 21.5. The third-order valence-corrected chi connectivity index (χ3v) is 7.40. The lowest BCUT2D eigenvalue weighted by Gasteiger charge is -2.42. The average molecular weight is 505 g/mol. The first-order valence-corrected chi connectivity index (χ1v) is 12.5. The van der Waals surface area contributed by atoms with E-state index in [1.54, 1.807) is 11.0 Å². The summed E-state index contributed by atoms with van der Waals surface area (Å²) in [6.45, 7) is 2.22. The number of anilines is 1. The molecule has 2 aromatic carbocycles. The second-order valence-electron chi connectivity index (χ2n) is 10.1. The van der Waals surface area contributed by atoms with Crippen molar-refractivity contribution in [3.05, 3.63) is 65.1 Å². The van der Waals surface area contributed by atoms with E-state index in [9.17, 15) is 22.7 Å². The number of nitrogens with one attached hydrogen (secondary N) is 2. The van der Waals surface area contributed by atoms with E-state index < -0.39 is 25.1 Å². The first-order valence-electron chi connectivity index (χ1n) is 12.5. The minimum absolute atomic E-state index is 0.245. The maximum atomic E-state index is 14.6. The molecule has 3 N–H and O–H groups in total. The van der Waals surface area contributed by atoms with Gasteiger partial charge in [0.25, 0.3) is 5.92 Å². The molecule has 2 aliphatic rings. The van der Waals surface area contributed by atoms with Gasteiger partial charge in [-0.05, 0) is 49.1 Å². The standard InChI is InChI=1S/C27H32F4N4O/c1-17-12-22-21-4-2-5-23(29)24(21)33-25(22)26(35(17)15-27(30,31)16-36)18-6-8-19(9-7-18)32-20-13-34(14-20)11-3-10-28/h2,4-9,17,20,26,32-33,36H,3,10-16H2,1H3/t17-,26-/m1/s1. The number of aromatic nitrogens is 1. The van der Waals surface area contributed by atoms with Crippen LogP contribution in [0.3, 0.4) is 0 Å². The monoisotopic (exact) mass is 504 g/mol. The molecule has 0 spiro atoms. The van der Waals surface area contributed by atoms with E-state index in [2.05, 4.69) is 15.2 Å². The van der Waals surface area contributed by atoms with Crippen LogP contribution in [-0.2, 0) is 6.42 Å². The van der Waals surface area contributed by atoms with Crippen molar-refractivity contribution in [3.8, 4) is 0 Å². The fourth-order valence-corrected chi connectivity index (χ4v) is 5.59. The molecular weight excluding hydrogens is 472 g/mol. The summed E-state index contributed by atoms with van der Waals surface area (Å²) in [4.78, 5) is 7.10. The highest BCUT2D eigenvalue weighted by atomic mass is 19.3. The van der Waals surface area contributed by atoms with Gasteiger partial charge >= 0.3 is 0 Å². The van der Waals surface area contributed by atoms with E-state index in [-0.39, 0.29) is 24.6 Å². The van der Waals surface area contributed by atoms with Crippen molar-refractivity contribution >= 4 is 16.6 Å². The Bertz CT molecular complexity index is 1190. The zero-order valence-corrected chi connectivity index (χ0v) is 20.3. The van der Waals surface area contributed by atoms with Gasteiger partial charge in [0.2, 0.25) is 0 Å².